The zero-order valence-corrected chi connectivity index (χ0v) is 11.5. The molecule has 104 valence electrons. The molecule has 0 radical (unpaired) electrons. The van der Waals surface area contributed by atoms with Crippen LogP contribution in [0.5, 0.6) is 0 Å². The molecule has 4 heteroatoms. The Labute approximate surface area is 118 Å². The van der Waals surface area contributed by atoms with Crippen LogP contribution in [0.4, 0.5) is 0 Å². The van der Waals surface area contributed by atoms with Crippen LogP contribution in [0, 0.1) is 12.8 Å². The summed E-state index contributed by atoms with van der Waals surface area (Å²) >= 11 is 0. The predicted molar refractivity (Wildman–Crippen MR) is 77.5 cm³/mol. The molecular weight excluding hydrogens is 252 g/mol. The number of carbonyl (C=O) groups is 1. The summed E-state index contributed by atoms with van der Waals surface area (Å²) < 4.78 is 0. The molecule has 1 saturated heterocycles. The van der Waals surface area contributed by atoms with E-state index in [1.807, 2.05) is 12.3 Å². The van der Waals surface area contributed by atoms with Crippen LogP contribution in [0.2, 0.25) is 0 Å². The maximum atomic E-state index is 11.0. The fourth-order valence-corrected chi connectivity index (χ4v) is 2.93. The van der Waals surface area contributed by atoms with Gasteiger partial charge in [-0.1, -0.05) is 18.2 Å². The summed E-state index contributed by atoms with van der Waals surface area (Å²) in [5.41, 5.74) is 3.44. The van der Waals surface area contributed by atoms with Crippen LogP contribution in [0.15, 0.2) is 30.5 Å². The van der Waals surface area contributed by atoms with Crippen molar-refractivity contribution >= 4 is 16.9 Å². The highest BCUT2D eigenvalue weighted by atomic mass is 16.4. The minimum Gasteiger partial charge on any atom is -0.481 e. The van der Waals surface area contributed by atoms with Gasteiger partial charge in [0, 0.05) is 24.7 Å². The topological polar surface area (TPSA) is 53.4 Å². The highest BCUT2D eigenvalue weighted by Gasteiger charge is 2.28. The van der Waals surface area contributed by atoms with Crippen molar-refractivity contribution in [2.75, 3.05) is 13.1 Å². The van der Waals surface area contributed by atoms with Gasteiger partial charge in [-0.2, -0.15) is 0 Å². The number of carboxylic acids is 1. The Kier molecular flexibility index (Phi) is 3.40. The lowest BCUT2D eigenvalue weighted by Crippen LogP contribution is -2.22. The summed E-state index contributed by atoms with van der Waals surface area (Å²) in [6.07, 6.45) is 2.56. The van der Waals surface area contributed by atoms with E-state index in [-0.39, 0.29) is 5.92 Å². The molecule has 20 heavy (non-hydrogen) atoms. The van der Waals surface area contributed by atoms with Crippen LogP contribution in [0.3, 0.4) is 0 Å². The van der Waals surface area contributed by atoms with E-state index in [1.165, 1.54) is 16.5 Å². The SMILES string of the molecule is Cc1ccc(CN2CCC(C(=O)O)C2)c2cccnc12. The molecule has 4 nitrogen and oxygen atoms in total. The van der Waals surface area contributed by atoms with Crippen LogP contribution < -0.4 is 0 Å². The van der Waals surface area contributed by atoms with Crippen molar-refractivity contribution < 1.29 is 9.90 Å². The highest BCUT2D eigenvalue weighted by Crippen LogP contribution is 2.24. The third-order valence-electron chi connectivity index (χ3n) is 4.08. The number of aliphatic carboxylic acids is 1. The smallest absolute Gasteiger partial charge is 0.307 e. The average Bonchev–Trinajstić information content (AvgIpc) is 2.91. The standard InChI is InChI=1S/C16H18N2O2/c1-11-4-5-12(14-3-2-7-17-15(11)14)9-18-8-6-13(10-18)16(19)20/h2-5,7,13H,6,8-10H2,1H3,(H,19,20). The Hall–Kier alpha value is -1.94. The summed E-state index contributed by atoms with van der Waals surface area (Å²) in [4.78, 5) is 17.7. The molecule has 1 aliphatic heterocycles. The lowest BCUT2D eigenvalue weighted by Gasteiger charge is -2.17. The van der Waals surface area contributed by atoms with E-state index in [2.05, 4.69) is 35.0 Å². The first kappa shape index (κ1) is 13.1. The zero-order chi connectivity index (χ0) is 14.1. The summed E-state index contributed by atoms with van der Waals surface area (Å²) in [6, 6.07) is 8.27. The molecule has 1 unspecified atom stereocenters. The van der Waals surface area contributed by atoms with Gasteiger partial charge in [0.05, 0.1) is 11.4 Å². The molecule has 1 aliphatic rings. The molecule has 1 aromatic heterocycles. The summed E-state index contributed by atoms with van der Waals surface area (Å²) in [6.45, 7) is 4.36. The van der Waals surface area contributed by atoms with Gasteiger partial charge in [-0.05, 0) is 37.1 Å². The first-order valence-corrected chi connectivity index (χ1v) is 6.93. The zero-order valence-electron chi connectivity index (χ0n) is 11.5. The number of rotatable bonds is 3. The van der Waals surface area contributed by atoms with Gasteiger partial charge in [-0.15, -0.1) is 0 Å². The highest BCUT2D eigenvalue weighted by molar-refractivity contribution is 5.84. The second kappa shape index (κ2) is 5.21. The van der Waals surface area contributed by atoms with Crippen molar-refractivity contribution in [1.82, 2.24) is 9.88 Å². The monoisotopic (exact) mass is 270 g/mol. The Morgan fingerprint density at radius 2 is 2.30 bits per heavy atom. The molecule has 1 aromatic carbocycles. The number of nitrogens with zero attached hydrogens (tertiary/aromatic N) is 2. The maximum absolute atomic E-state index is 11.0. The van der Waals surface area contributed by atoms with E-state index >= 15 is 0 Å². The van der Waals surface area contributed by atoms with Gasteiger partial charge >= 0.3 is 5.97 Å². The van der Waals surface area contributed by atoms with E-state index in [0.717, 1.165) is 25.0 Å². The van der Waals surface area contributed by atoms with Crippen molar-refractivity contribution in [2.45, 2.75) is 19.9 Å². The fraction of sp³-hybridized carbons (Fsp3) is 0.375. The summed E-state index contributed by atoms with van der Waals surface area (Å²) in [5, 5.41) is 10.2. The van der Waals surface area contributed by atoms with Gasteiger partial charge in [0.15, 0.2) is 0 Å². The third-order valence-corrected chi connectivity index (χ3v) is 4.08. The predicted octanol–water partition coefficient (Wildman–Crippen LogP) is 2.45. The third kappa shape index (κ3) is 2.39. The Morgan fingerprint density at radius 1 is 1.45 bits per heavy atom. The molecule has 0 spiro atoms. The molecule has 0 bridgehead atoms. The molecule has 0 amide bonds. The Bertz CT molecular complexity index is 654. The van der Waals surface area contributed by atoms with Gasteiger partial charge in [-0.3, -0.25) is 14.7 Å². The summed E-state index contributed by atoms with van der Waals surface area (Å²) in [7, 11) is 0. The second-order valence-corrected chi connectivity index (χ2v) is 5.50. The number of hydrogen-bond donors (Lipinski definition) is 1. The molecule has 2 heterocycles. The van der Waals surface area contributed by atoms with Gasteiger partial charge in [0.1, 0.15) is 0 Å². The van der Waals surface area contributed by atoms with Gasteiger partial charge in [0.25, 0.3) is 0 Å². The van der Waals surface area contributed by atoms with E-state index in [1.54, 1.807) is 0 Å². The first-order chi connectivity index (χ1) is 9.65. The lowest BCUT2D eigenvalue weighted by molar-refractivity contribution is -0.141. The normalized spacial score (nSPS) is 19.6. The molecule has 3 rings (SSSR count). The van der Waals surface area contributed by atoms with Crippen molar-refractivity contribution in [1.29, 1.82) is 0 Å². The van der Waals surface area contributed by atoms with Crippen LogP contribution in [0.1, 0.15) is 17.5 Å². The fourth-order valence-electron chi connectivity index (χ4n) is 2.93. The van der Waals surface area contributed by atoms with Crippen LogP contribution in [0.25, 0.3) is 10.9 Å². The van der Waals surface area contributed by atoms with Crippen molar-refractivity contribution in [3.05, 3.63) is 41.6 Å². The van der Waals surface area contributed by atoms with Gasteiger partial charge in [0.2, 0.25) is 0 Å². The minimum atomic E-state index is -0.678. The molecular formula is C16H18N2O2. The number of carboxylic acid groups (broad SMARTS) is 1. The Morgan fingerprint density at radius 3 is 3.05 bits per heavy atom. The Balaban J connectivity index is 1.85. The van der Waals surface area contributed by atoms with Crippen molar-refractivity contribution in [3.63, 3.8) is 0 Å². The van der Waals surface area contributed by atoms with Crippen molar-refractivity contribution in [3.8, 4) is 0 Å². The number of fused-ring (bicyclic) bond motifs is 1. The number of aromatic nitrogens is 1. The molecule has 1 atom stereocenters. The molecule has 1 N–H and O–H groups in total. The minimum absolute atomic E-state index is 0.218. The van der Waals surface area contributed by atoms with Crippen molar-refractivity contribution in [2.24, 2.45) is 5.92 Å². The van der Waals surface area contributed by atoms with E-state index in [0.29, 0.717) is 6.54 Å². The second-order valence-electron chi connectivity index (χ2n) is 5.50. The lowest BCUT2D eigenvalue weighted by atomic mass is 10.0. The largest absolute Gasteiger partial charge is 0.481 e. The summed E-state index contributed by atoms with van der Waals surface area (Å²) in [5.74, 6) is -0.896. The van der Waals surface area contributed by atoms with E-state index in [9.17, 15) is 4.79 Å². The maximum Gasteiger partial charge on any atom is 0.307 e. The number of likely N-dealkylation sites (tertiary alicyclic amines) is 1. The number of benzene rings is 1. The van der Waals surface area contributed by atoms with Crippen LogP contribution in [-0.4, -0.2) is 34.0 Å². The van der Waals surface area contributed by atoms with Crippen LogP contribution >= 0.6 is 0 Å². The molecule has 0 aliphatic carbocycles. The number of pyridine rings is 1. The average molecular weight is 270 g/mol. The van der Waals surface area contributed by atoms with Gasteiger partial charge in [-0.25, -0.2) is 0 Å². The quantitative estimate of drug-likeness (QED) is 0.930. The molecule has 1 fully saturated rings. The number of hydrogen-bond acceptors (Lipinski definition) is 3. The molecule has 2 aromatic rings. The first-order valence-electron chi connectivity index (χ1n) is 6.93. The number of aryl methyl sites for hydroxylation is 1. The van der Waals surface area contributed by atoms with E-state index < -0.39 is 5.97 Å². The van der Waals surface area contributed by atoms with Gasteiger partial charge < -0.3 is 5.11 Å². The molecule has 0 saturated carbocycles. The van der Waals surface area contributed by atoms with E-state index in [4.69, 9.17) is 5.11 Å². The van der Waals surface area contributed by atoms with Crippen LogP contribution in [-0.2, 0) is 11.3 Å².